The molecule has 1 unspecified atom stereocenters. The van der Waals surface area contributed by atoms with E-state index in [4.69, 9.17) is 0 Å². The monoisotopic (exact) mass is 374 g/mol. The first kappa shape index (κ1) is 17.2. The van der Waals surface area contributed by atoms with Crippen molar-refractivity contribution < 1.29 is 4.79 Å². The van der Waals surface area contributed by atoms with Crippen molar-refractivity contribution in [3.05, 3.63) is 89.7 Å². The summed E-state index contributed by atoms with van der Waals surface area (Å²) in [6.07, 6.45) is 5.24. The minimum atomic E-state index is -0.148. The van der Waals surface area contributed by atoms with Gasteiger partial charge >= 0.3 is 0 Å². The molecular weight excluding hydrogens is 356 g/mol. The topological polar surface area (TPSA) is 59.8 Å². The van der Waals surface area contributed by atoms with Crippen molar-refractivity contribution in [3.63, 3.8) is 0 Å². The second-order valence-corrected chi connectivity index (χ2v) is 7.07. The van der Waals surface area contributed by atoms with Crippen molar-refractivity contribution in [1.82, 2.24) is 20.1 Å². The van der Waals surface area contributed by atoms with Crippen LogP contribution >= 0.6 is 11.3 Å². The van der Waals surface area contributed by atoms with Crippen LogP contribution in [0.5, 0.6) is 0 Å². The van der Waals surface area contributed by atoms with Gasteiger partial charge in [0.05, 0.1) is 22.2 Å². The molecule has 3 aromatic heterocycles. The van der Waals surface area contributed by atoms with Gasteiger partial charge in [0, 0.05) is 18.6 Å². The van der Waals surface area contributed by atoms with Crippen molar-refractivity contribution >= 4 is 17.2 Å². The average molecular weight is 374 g/mol. The third kappa shape index (κ3) is 3.66. The zero-order chi connectivity index (χ0) is 18.6. The van der Waals surface area contributed by atoms with Crippen LogP contribution in [-0.4, -0.2) is 20.7 Å². The van der Waals surface area contributed by atoms with E-state index in [-0.39, 0.29) is 11.9 Å². The SMILES string of the molecule is CC(NC(=O)c1cn(-c2ccccc2)nc1-c1cccs1)c1ccncc1. The van der Waals surface area contributed by atoms with Crippen LogP contribution < -0.4 is 5.32 Å². The van der Waals surface area contributed by atoms with E-state index < -0.39 is 0 Å². The van der Waals surface area contributed by atoms with Crippen LogP contribution in [0.15, 0.2) is 78.6 Å². The Balaban J connectivity index is 1.68. The van der Waals surface area contributed by atoms with Crippen LogP contribution in [-0.2, 0) is 0 Å². The van der Waals surface area contributed by atoms with Crippen LogP contribution in [0.1, 0.15) is 28.9 Å². The highest BCUT2D eigenvalue weighted by molar-refractivity contribution is 7.13. The molecule has 4 aromatic rings. The number of hydrogen-bond donors (Lipinski definition) is 1. The van der Waals surface area contributed by atoms with Gasteiger partial charge in [-0.05, 0) is 48.2 Å². The van der Waals surface area contributed by atoms with Crippen molar-refractivity contribution in [2.75, 3.05) is 0 Å². The smallest absolute Gasteiger partial charge is 0.255 e. The number of nitrogens with zero attached hydrogens (tertiary/aromatic N) is 3. The standard InChI is InChI=1S/C21H18N4OS/c1-15(16-9-11-22-12-10-16)23-21(26)18-14-25(17-6-3-2-4-7-17)24-20(18)19-8-5-13-27-19/h2-15H,1H3,(H,23,26). The largest absolute Gasteiger partial charge is 0.345 e. The molecule has 6 heteroatoms. The van der Waals surface area contributed by atoms with Gasteiger partial charge in [-0.2, -0.15) is 5.10 Å². The Morgan fingerprint density at radius 2 is 1.85 bits per heavy atom. The fourth-order valence-corrected chi connectivity index (χ4v) is 3.58. The van der Waals surface area contributed by atoms with E-state index in [0.717, 1.165) is 16.1 Å². The zero-order valence-corrected chi connectivity index (χ0v) is 15.6. The van der Waals surface area contributed by atoms with E-state index in [0.29, 0.717) is 11.3 Å². The Kier molecular flexibility index (Phi) is 4.80. The molecule has 5 nitrogen and oxygen atoms in total. The fourth-order valence-electron chi connectivity index (χ4n) is 2.86. The predicted octanol–water partition coefficient (Wildman–Crippen LogP) is 4.49. The molecule has 0 aliphatic heterocycles. The molecule has 1 amide bonds. The summed E-state index contributed by atoms with van der Waals surface area (Å²) >= 11 is 1.57. The van der Waals surface area contributed by atoms with Crippen molar-refractivity contribution in [2.45, 2.75) is 13.0 Å². The second kappa shape index (κ2) is 7.55. The van der Waals surface area contributed by atoms with Gasteiger partial charge in [0.15, 0.2) is 0 Å². The molecule has 0 aliphatic carbocycles. The van der Waals surface area contributed by atoms with Gasteiger partial charge in [0.1, 0.15) is 5.69 Å². The number of pyridine rings is 1. The molecule has 1 aromatic carbocycles. The minimum absolute atomic E-state index is 0.128. The van der Waals surface area contributed by atoms with Gasteiger partial charge in [-0.25, -0.2) is 4.68 Å². The van der Waals surface area contributed by atoms with Crippen LogP contribution in [0, 0.1) is 0 Å². The van der Waals surface area contributed by atoms with Crippen molar-refractivity contribution in [1.29, 1.82) is 0 Å². The maximum Gasteiger partial charge on any atom is 0.255 e. The Labute approximate surface area is 161 Å². The third-order valence-corrected chi connectivity index (χ3v) is 5.16. The van der Waals surface area contributed by atoms with E-state index in [9.17, 15) is 4.79 Å². The number of thiophene rings is 1. The molecule has 0 aliphatic rings. The quantitative estimate of drug-likeness (QED) is 0.560. The van der Waals surface area contributed by atoms with Crippen LogP contribution in [0.3, 0.4) is 0 Å². The Morgan fingerprint density at radius 1 is 1.07 bits per heavy atom. The summed E-state index contributed by atoms with van der Waals surface area (Å²) in [4.78, 5) is 18.0. The number of amides is 1. The number of rotatable bonds is 5. The van der Waals surface area contributed by atoms with E-state index in [1.165, 1.54) is 0 Å². The molecule has 27 heavy (non-hydrogen) atoms. The number of nitrogens with one attached hydrogen (secondary N) is 1. The molecule has 1 N–H and O–H groups in total. The van der Waals surface area contributed by atoms with Crippen LogP contribution in [0.2, 0.25) is 0 Å². The van der Waals surface area contributed by atoms with Crippen LogP contribution in [0.4, 0.5) is 0 Å². The lowest BCUT2D eigenvalue weighted by Crippen LogP contribution is -2.26. The van der Waals surface area contributed by atoms with Crippen molar-refractivity contribution in [2.24, 2.45) is 0 Å². The maximum atomic E-state index is 13.0. The van der Waals surface area contributed by atoms with E-state index >= 15 is 0 Å². The highest BCUT2D eigenvalue weighted by atomic mass is 32.1. The summed E-state index contributed by atoms with van der Waals surface area (Å²) in [5.41, 5.74) is 3.17. The van der Waals surface area contributed by atoms with Gasteiger partial charge in [-0.15, -0.1) is 11.3 Å². The maximum absolute atomic E-state index is 13.0. The lowest BCUT2D eigenvalue weighted by molar-refractivity contribution is 0.0940. The number of carbonyl (C=O) groups is 1. The third-order valence-electron chi connectivity index (χ3n) is 4.29. The van der Waals surface area contributed by atoms with Gasteiger partial charge in [0.2, 0.25) is 0 Å². The molecule has 0 saturated carbocycles. The Bertz CT molecular complexity index is 1030. The molecular formula is C21H18N4OS. The summed E-state index contributed by atoms with van der Waals surface area (Å²) < 4.78 is 1.75. The molecule has 1 atom stereocenters. The first-order chi connectivity index (χ1) is 13.2. The molecule has 0 spiro atoms. The minimum Gasteiger partial charge on any atom is -0.345 e. The number of carbonyl (C=O) groups excluding carboxylic acids is 1. The molecule has 0 radical (unpaired) electrons. The zero-order valence-electron chi connectivity index (χ0n) is 14.7. The van der Waals surface area contributed by atoms with Crippen molar-refractivity contribution in [3.8, 4) is 16.3 Å². The summed E-state index contributed by atoms with van der Waals surface area (Å²) in [6.45, 7) is 1.96. The number of para-hydroxylation sites is 1. The number of aromatic nitrogens is 3. The lowest BCUT2D eigenvalue weighted by Gasteiger charge is -2.13. The molecule has 0 bridgehead atoms. The highest BCUT2D eigenvalue weighted by Crippen LogP contribution is 2.28. The van der Waals surface area contributed by atoms with Gasteiger partial charge in [0.25, 0.3) is 5.91 Å². The Hall–Kier alpha value is -3.25. The molecule has 0 fully saturated rings. The molecule has 0 saturated heterocycles. The summed E-state index contributed by atoms with van der Waals surface area (Å²) in [5, 5.41) is 9.73. The van der Waals surface area contributed by atoms with Crippen LogP contribution in [0.25, 0.3) is 16.3 Å². The van der Waals surface area contributed by atoms with E-state index in [1.807, 2.05) is 66.9 Å². The van der Waals surface area contributed by atoms with E-state index in [1.54, 1.807) is 34.6 Å². The fraction of sp³-hybridized carbons (Fsp3) is 0.0952. The number of hydrogen-bond acceptors (Lipinski definition) is 4. The summed E-state index contributed by atoms with van der Waals surface area (Å²) in [5.74, 6) is -0.148. The van der Waals surface area contributed by atoms with Gasteiger partial charge in [-0.1, -0.05) is 24.3 Å². The van der Waals surface area contributed by atoms with E-state index in [2.05, 4.69) is 15.4 Å². The molecule has 134 valence electrons. The first-order valence-corrected chi connectivity index (χ1v) is 9.50. The predicted molar refractivity (Wildman–Crippen MR) is 107 cm³/mol. The van der Waals surface area contributed by atoms with Gasteiger partial charge < -0.3 is 5.32 Å². The summed E-state index contributed by atoms with van der Waals surface area (Å²) in [6, 6.07) is 17.4. The lowest BCUT2D eigenvalue weighted by atomic mass is 10.1. The van der Waals surface area contributed by atoms with Gasteiger partial charge in [-0.3, -0.25) is 9.78 Å². The Morgan fingerprint density at radius 3 is 2.56 bits per heavy atom. The molecule has 4 rings (SSSR count). The molecule has 3 heterocycles. The normalized spacial score (nSPS) is 11.9. The number of benzene rings is 1. The highest BCUT2D eigenvalue weighted by Gasteiger charge is 2.21. The second-order valence-electron chi connectivity index (χ2n) is 6.12. The first-order valence-electron chi connectivity index (χ1n) is 8.62. The summed E-state index contributed by atoms with van der Waals surface area (Å²) in [7, 11) is 0. The average Bonchev–Trinajstić information content (AvgIpc) is 3.39.